The van der Waals surface area contributed by atoms with Gasteiger partial charge in [-0.15, -0.1) is 0 Å². The second kappa shape index (κ2) is 7.36. The number of pyridine rings is 1. The van der Waals surface area contributed by atoms with E-state index in [-0.39, 0.29) is 6.10 Å². The van der Waals surface area contributed by atoms with Gasteiger partial charge in [0.15, 0.2) is 0 Å². The van der Waals surface area contributed by atoms with E-state index in [9.17, 15) is 8.42 Å². The van der Waals surface area contributed by atoms with Gasteiger partial charge in [0.05, 0.1) is 24.1 Å². The van der Waals surface area contributed by atoms with Gasteiger partial charge in [-0.25, -0.2) is 8.42 Å². The molecule has 3 rings (SSSR count). The number of rotatable bonds is 6. The average molecular weight is 378 g/mol. The summed E-state index contributed by atoms with van der Waals surface area (Å²) in [5.74, 6) is 0.671. The van der Waals surface area contributed by atoms with E-state index in [0.717, 1.165) is 11.4 Å². The van der Waals surface area contributed by atoms with Gasteiger partial charge in [-0.05, 0) is 38.3 Å². The number of sulfonamides is 1. The summed E-state index contributed by atoms with van der Waals surface area (Å²) in [6.07, 6.45) is 3.39. The Bertz CT molecular complexity index is 875. The van der Waals surface area contributed by atoms with Crippen LogP contribution in [0.25, 0.3) is 0 Å². The molecule has 0 amide bonds. The molecule has 2 aromatic rings. The number of aromatic nitrogens is 3. The molecule has 26 heavy (non-hydrogen) atoms. The first-order chi connectivity index (χ1) is 12.4. The van der Waals surface area contributed by atoms with Crippen molar-refractivity contribution >= 4 is 10.0 Å². The van der Waals surface area contributed by atoms with Crippen LogP contribution < -0.4 is 4.74 Å². The lowest BCUT2D eigenvalue weighted by Gasteiger charge is -2.18. The van der Waals surface area contributed by atoms with Gasteiger partial charge in [0, 0.05) is 19.3 Å². The predicted molar refractivity (Wildman–Crippen MR) is 98.7 cm³/mol. The smallest absolute Gasteiger partial charge is 0.246 e. The standard InChI is InChI=1S/C18H26N4O3S/c1-5-16-18(17(6-2)21(4)20-16)26(23,24)22-10-9-15(12-22)25-14-8-7-13(3)19-11-14/h7-8,11,15H,5-6,9-10,12H2,1-4H3/t15-/m1/s1. The molecule has 0 saturated carbocycles. The number of hydrogen-bond acceptors (Lipinski definition) is 5. The first-order valence-corrected chi connectivity index (χ1v) is 10.4. The second-order valence-electron chi connectivity index (χ2n) is 6.58. The van der Waals surface area contributed by atoms with E-state index in [1.807, 2.05) is 32.9 Å². The number of aryl methyl sites for hydroxylation is 3. The van der Waals surface area contributed by atoms with Crippen molar-refractivity contribution in [3.63, 3.8) is 0 Å². The van der Waals surface area contributed by atoms with Crippen LogP contribution in [0.5, 0.6) is 5.75 Å². The lowest BCUT2D eigenvalue weighted by atomic mass is 10.2. The Morgan fingerprint density at radius 2 is 2.04 bits per heavy atom. The van der Waals surface area contributed by atoms with Crippen molar-refractivity contribution in [3.05, 3.63) is 35.4 Å². The second-order valence-corrected chi connectivity index (χ2v) is 8.45. The van der Waals surface area contributed by atoms with Gasteiger partial charge in [0.25, 0.3) is 0 Å². The van der Waals surface area contributed by atoms with E-state index >= 15 is 0 Å². The van der Waals surface area contributed by atoms with Gasteiger partial charge in [-0.3, -0.25) is 9.67 Å². The van der Waals surface area contributed by atoms with E-state index < -0.39 is 10.0 Å². The maximum atomic E-state index is 13.3. The Hall–Kier alpha value is -1.93. The summed E-state index contributed by atoms with van der Waals surface area (Å²) in [5.41, 5.74) is 2.31. The molecule has 1 aliphatic rings. The molecule has 0 unspecified atom stereocenters. The van der Waals surface area contributed by atoms with E-state index in [1.54, 1.807) is 17.9 Å². The predicted octanol–water partition coefficient (Wildman–Crippen LogP) is 2.09. The van der Waals surface area contributed by atoms with Crippen LogP contribution in [0.4, 0.5) is 0 Å². The Labute approximate surface area is 155 Å². The zero-order valence-corrected chi connectivity index (χ0v) is 16.6. The highest BCUT2D eigenvalue weighted by Gasteiger charge is 2.37. The summed E-state index contributed by atoms with van der Waals surface area (Å²) in [4.78, 5) is 4.59. The summed E-state index contributed by atoms with van der Waals surface area (Å²) >= 11 is 0. The maximum Gasteiger partial charge on any atom is 0.246 e. The highest BCUT2D eigenvalue weighted by Crippen LogP contribution is 2.29. The van der Waals surface area contributed by atoms with E-state index in [2.05, 4.69) is 10.1 Å². The SMILES string of the molecule is CCc1nn(C)c(CC)c1S(=O)(=O)N1CC[C@@H](Oc2ccc(C)nc2)C1. The summed E-state index contributed by atoms with van der Waals surface area (Å²) < 4.78 is 35.6. The number of ether oxygens (including phenoxy) is 1. The van der Waals surface area contributed by atoms with Crippen LogP contribution >= 0.6 is 0 Å². The van der Waals surface area contributed by atoms with Crippen LogP contribution in [0.3, 0.4) is 0 Å². The zero-order valence-electron chi connectivity index (χ0n) is 15.8. The molecule has 1 aliphatic heterocycles. The number of nitrogens with zero attached hydrogens (tertiary/aromatic N) is 4. The lowest BCUT2D eigenvalue weighted by molar-refractivity contribution is 0.214. The molecule has 3 heterocycles. The van der Waals surface area contributed by atoms with Crippen molar-refractivity contribution in [3.8, 4) is 5.75 Å². The fraction of sp³-hybridized carbons (Fsp3) is 0.556. The zero-order chi connectivity index (χ0) is 18.9. The molecule has 0 N–H and O–H groups in total. The highest BCUT2D eigenvalue weighted by molar-refractivity contribution is 7.89. The molecule has 1 fully saturated rings. The van der Waals surface area contributed by atoms with Gasteiger partial charge in [-0.2, -0.15) is 9.40 Å². The lowest BCUT2D eigenvalue weighted by Crippen LogP contribution is -2.32. The molecule has 0 bridgehead atoms. The third-order valence-corrected chi connectivity index (χ3v) is 6.75. The molecule has 142 valence electrons. The van der Waals surface area contributed by atoms with E-state index in [0.29, 0.717) is 48.7 Å². The van der Waals surface area contributed by atoms with Crippen molar-refractivity contribution in [1.29, 1.82) is 0 Å². The van der Waals surface area contributed by atoms with Crippen LogP contribution in [0.2, 0.25) is 0 Å². The molecule has 2 aromatic heterocycles. The molecule has 0 spiro atoms. The molecule has 0 aromatic carbocycles. The Kier molecular flexibility index (Phi) is 5.34. The largest absolute Gasteiger partial charge is 0.487 e. The van der Waals surface area contributed by atoms with E-state index in [1.165, 1.54) is 4.31 Å². The van der Waals surface area contributed by atoms with Crippen LogP contribution in [0, 0.1) is 6.92 Å². The minimum Gasteiger partial charge on any atom is -0.487 e. The van der Waals surface area contributed by atoms with Gasteiger partial charge in [0.2, 0.25) is 10.0 Å². The van der Waals surface area contributed by atoms with Gasteiger partial charge in [0.1, 0.15) is 16.7 Å². The minimum absolute atomic E-state index is 0.166. The molecular formula is C18H26N4O3S. The highest BCUT2D eigenvalue weighted by atomic mass is 32.2. The van der Waals surface area contributed by atoms with Crippen molar-refractivity contribution in [2.24, 2.45) is 7.05 Å². The molecule has 1 saturated heterocycles. The normalized spacial score (nSPS) is 18.4. The first kappa shape index (κ1) is 18.8. The summed E-state index contributed by atoms with van der Waals surface area (Å²) in [6.45, 7) is 6.60. The number of hydrogen-bond donors (Lipinski definition) is 0. The summed E-state index contributed by atoms with van der Waals surface area (Å²) in [6, 6.07) is 3.75. The molecule has 0 radical (unpaired) electrons. The minimum atomic E-state index is -3.58. The van der Waals surface area contributed by atoms with Crippen LogP contribution in [-0.2, 0) is 29.9 Å². The van der Waals surface area contributed by atoms with Gasteiger partial charge < -0.3 is 4.74 Å². The van der Waals surface area contributed by atoms with Gasteiger partial charge in [-0.1, -0.05) is 13.8 Å². The monoisotopic (exact) mass is 378 g/mol. The fourth-order valence-corrected chi connectivity index (χ4v) is 5.40. The Morgan fingerprint density at radius 3 is 2.65 bits per heavy atom. The van der Waals surface area contributed by atoms with Crippen molar-refractivity contribution in [2.75, 3.05) is 13.1 Å². The van der Waals surface area contributed by atoms with Crippen LogP contribution in [0.1, 0.15) is 37.4 Å². The maximum absolute atomic E-state index is 13.3. The van der Waals surface area contributed by atoms with Crippen LogP contribution in [0.15, 0.2) is 23.2 Å². The summed E-state index contributed by atoms with van der Waals surface area (Å²) in [7, 11) is -1.78. The third kappa shape index (κ3) is 3.48. The van der Waals surface area contributed by atoms with Gasteiger partial charge >= 0.3 is 0 Å². The van der Waals surface area contributed by atoms with E-state index in [4.69, 9.17) is 4.74 Å². The molecular weight excluding hydrogens is 352 g/mol. The van der Waals surface area contributed by atoms with Crippen molar-refractivity contribution in [2.45, 2.75) is 51.0 Å². The van der Waals surface area contributed by atoms with Crippen LogP contribution in [-0.4, -0.2) is 46.7 Å². The topological polar surface area (TPSA) is 77.3 Å². The van der Waals surface area contributed by atoms with Crippen molar-refractivity contribution in [1.82, 2.24) is 19.1 Å². The molecule has 1 atom stereocenters. The quantitative estimate of drug-likeness (QED) is 0.769. The van der Waals surface area contributed by atoms with Crippen molar-refractivity contribution < 1.29 is 13.2 Å². The summed E-state index contributed by atoms with van der Waals surface area (Å²) in [5, 5.41) is 4.40. The average Bonchev–Trinajstić information content (AvgIpc) is 3.21. The third-order valence-electron chi connectivity index (χ3n) is 4.75. The Balaban J connectivity index is 1.80. The first-order valence-electron chi connectivity index (χ1n) is 9.01. The Morgan fingerprint density at radius 1 is 1.27 bits per heavy atom. The molecule has 0 aliphatic carbocycles. The fourth-order valence-electron chi connectivity index (χ4n) is 3.38. The molecule has 7 nitrogen and oxygen atoms in total. The molecule has 8 heteroatoms.